The van der Waals surface area contributed by atoms with Crippen molar-refractivity contribution in [2.24, 2.45) is 5.92 Å². The van der Waals surface area contributed by atoms with E-state index in [0.717, 1.165) is 12.1 Å². The molecule has 1 aliphatic carbocycles. The first-order valence-electron chi connectivity index (χ1n) is 7.43. The molecule has 0 bridgehead atoms. The highest BCUT2D eigenvalue weighted by atomic mass is 79.9. The molecule has 0 aliphatic heterocycles. The summed E-state index contributed by atoms with van der Waals surface area (Å²) in [5.74, 6) is 0.974. The van der Waals surface area contributed by atoms with E-state index >= 15 is 0 Å². The second kappa shape index (κ2) is 7.41. The number of nitrogens with one attached hydrogen (secondary N) is 1. The van der Waals surface area contributed by atoms with Crippen molar-refractivity contribution in [1.29, 1.82) is 0 Å². The molecule has 1 aromatic carbocycles. The van der Waals surface area contributed by atoms with Crippen LogP contribution in [-0.2, 0) is 0 Å². The average molecular weight is 344 g/mol. The Morgan fingerprint density at radius 2 is 2.05 bits per heavy atom. The van der Waals surface area contributed by atoms with Gasteiger partial charge in [0.2, 0.25) is 0 Å². The third kappa shape index (κ3) is 3.53. The lowest BCUT2D eigenvalue weighted by Gasteiger charge is -2.32. The summed E-state index contributed by atoms with van der Waals surface area (Å²) in [6, 6.07) is 3.59. The molecule has 2 nitrogen and oxygen atoms in total. The van der Waals surface area contributed by atoms with Gasteiger partial charge in [-0.25, -0.2) is 4.39 Å². The summed E-state index contributed by atoms with van der Waals surface area (Å²) in [6.45, 7) is 3.01. The molecule has 0 amide bonds. The fourth-order valence-electron chi connectivity index (χ4n) is 3.18. The maximum absolute atomic E-state index is 13.7. The minimum absolute atomic E-state index is 0.243. The molecule has 0 spiro atoms. The summed E-state index contributed by atoms with van der Waals surface area (Å²) in [6.07, 6.45) is 6.37. The van der Waals surface area contributed by atoms with E-state index in [-0.39, 0.29) is 11.9 Å². The van der Waals surface area contributed by atoms with Crippen LogP contribution in [0.5, 0.6) is 5.75 Å². The molecule has 112 valence electrons. The zero-order chi connectivity index (χ0) is 14.5. The predicted molar refractivity (Wildman–Crippen MR) is 83.6 cm³/mol. The lowest BCUT2D eigenvalue weighted by atomic mass is 9.81. The highest BCUT2D eigenvalue weighted by Gasteiger charge is 2.27. The standard InChI is InChI=1S/C16H23BrFNO/c1-3-19-16(11-7-5-4-6-8-11)12-9-13(17)14(18)10-15(12)20-2/h9-11,16,19H,3-8H2,1-2H3. The van der Waals surface area contributed by atoms with Gasteiger partial charge in [-0.2, -0.15) is 0 Å². The molecule has 20 heavy (non-hydrogen) atoms. The molecule has 1 saturated carbocycles. The summed E-state index contributed by atoms with van der Waals surface area (Å²) in [5, 5.41) is 3.57. The lowest BCUT2D eigenvalue weighted by Crippen LogP contribution is -2.30. The Hall–Kier alpha value is -0.610. The van der Waals surface area contributed by atoms with Crippen LogP contribution in [0.25, 0.3) is 0 Å². The number of hydrogen-bond donors (Lipinski definition) is 1. The summed E-state index contributed by atoms with van der Waals surface area (Å²) >= 11 is 3.29. The maximum atomic E-state index is 13.7. The molecular formula is C16H23BrFNO. The molecule has 4 heteroatoms. The smallest absolute Gasteiger partial charge is 0.141 e. The number of rotatable bonds is 5. The Labute approximate surface area is 129 Å². The van der Waals surface area contributed by atoms with Gasteiger partial charge in [-0.1, -0.05) is 26.2 Å². The van der Waals surface area contributed by atoms with E-state index in [4.69, 9.17) is 4.74 Å². The molecule has 1 aromatic rings. The van der Waals surface area contributed by atoms with Crippen LogP contribution in [0.3, 0.4) is 0 Å². The average Bonchev–Trinajstić information content (AvgIpc) is 2.48. The fourth-order valence-corrected chi connectivity index (χ4v) is 3.54. The van der Waals surface area contributed by atoms with Gasteiger partial charge in [0.05, 0.1) is 11.6 Å². The van der Waals surface area contributed by atoms with Crippen molar-refractivity contribution in [1.82, 2.24) is 5.32 Å². The van der Waals surface area contributed by atoms with E-state index in [9.17, 15) is 4.39 Å². The molecular weight excluding hydrogens is 321 g/mol. The molecule has 1 N–H and O–H groups in total. The largest absolute Gasteiger partial charge is 0.496 e. The maximum Gasteiger partial charge on any atom is 0.141 e. The Balaban J connectivity index is 2.34. The van der Waals surface area contributed by atoms with Crippen LogP contribution >= 0.6 is 15.9 Å². The highest BCUT2D eigenvalue weighted by Crippen LogP contribution is 2.39. The molecule has 1 unspecified atom stereocenters. The molecule has 1 atom stereocenters. The SMILES string of the molecule is CCNC(c1cc(Br)c(F)cc1OC)C1CCCCC1. The normalized spacial score (nSPS) is 18.0. The third-order valence-corrected chi connectivity index (χ3v) is 4.76. The van der Waals surface area contributed by atoms with Gasteiger partial charge in [-0.15, -0.1) is 0 Å². The van der Waals surface area contributed by atoms with E-state index in [0.29, 0.717) is 16.1 Å². The molecule has 0 heterocycles. The topological polar surface area (TPSA) is 21.3 Å². The minimum Gasteiger partial charge on any atom is -0.496 e. The van der Waals surface area contributed by atoms with E-state index in [1.54, 1.807) is 7.11 Å². The van der Waals surface area contributed by atoms with Gasteiger partial charge >= 0.3 is 0 Å². The van der Waals surface area contributed by atoms with Gasteiger partial charge in [-0.05, 0) is 47.3 Å². The fraction of sp³-hybridized carbons (Fsp3) is 0.625. The quantitative estimate of drug-likeness (QED) is 0.826. The van der Waals surface area contributed by atoms with Crippen LogP contribution in [0.15, 0.2) is 16.6 Å². The first-order valence-corrected chi connectivity index (χ1v) is 8.23. The van der Waals surface area contributed by atoms with E-state index in [2.05, 4.69) is 28.2 Å². The van der Waals surface area contributed by atoms with Crippen molar-refractivity contribution in [3.8, 4) is 5.75 Å². The second-order valence-electron chi connectivity index (χ2n) is 5.44. The van der Waals surface area contributed by atoms with Crippen LogP contribution in [0.4, 0.5) is 4.39 Å². The Bertz CT molecular complexity index is 446. The zero-order valence-corrected chi connectivity index (χ0v) is 13.8. The Kier molecular flexibility index (Phi) is 5.85. The van der Waals surface area contributed by atoms with Crippen LogP contribution in [-0.4, -0.2) is 13.7 Å². The van der Waals surface area contributed by atoms with Gasteiger partial charge in [0.1, 0.15) is 11.6 Å². The van der Waals surface area contributed by atoms with Crippen molar-refractivity contribution >= 4 is 15.9 Å². The van der Waals surface area contributed by atoms with Crippen molar-refractivity contribution in [3.05, 3.63) is 28.0 Å². The van der Waals surface area contributed by atoms with Crippen LogP contribution in [0.1, 0.15) is 50.6 Å². The monoisotopic (exact) mass is 343 g/mol. The highest BCUT2D eigenvalue weighted by molar-refractivity contribution is 9.10. The number of hydrogen-bond acceptors (Lipinski definition) is 2. The van der Waals surface area contributed by atoms with E-state index in [1.807, 2.05) is 6.07 Å². The van der Waals surface area contributed by atoms with Crippen LogP contribution in [0, 0.1) is 11.7 Å². The number of ether oxygens (including phenoxy) is 1. The van der Waals surface area contributed by atoms with Crippen molar-refractivity contribution in [2.45, 2.75) is 45.1 Å². The molecule has 0 aromatic heterocycles. The van der Waals surface area contributed by atoms with E-state index < -0.39 is 0 Å². The van der Waals surface area contributed by atoms with Crippen molar-refractivity contribution < 1.29 is 9.13 Å². The van der Waals surface area contributed by atoms with Gasteiger partial charge < -0.3 is 10.1 Å². The first kappa shape index (κ1) is 15.8. The number of halogens is 2. The molecule has 2 rings (SSSR count). The number of methoxy groups -OCH3 is 1. The summed E-state index contributed by atoms with van der Waals surface area (Å²) < 4.78 is 19.6. The third-order valence-electron chi connectivity index (χ3n) is 4.15. The van der Waals surface area contributed by atoms with Gasteiger partial charge in [-0.3, -0.25) is 0 Å². The van der Waals surface area contributed by atoms with E-state index in [1.165, 1.54) is 38.2 Å². The van der Waals surface area contributed by atoms with Gasteiger partial charge in [0, 0.05) is 17.7 Å². The second-order valence-corrected chi connectivity index (χ2v) is 6.30. The summed E-state index contributed by atoms with van der Waals surface area (Å²) in [4.78, 5) is 0. The molecule has 1 aliphatic rings. The number of benzene rings is 1. The van der Waals surface area contributed by atoms with Crippen molar-refractivity contribution in [2.75, 3.05) is 13.7 Å². The molecule has 1 fully saturated rings. The summed E-state index contributed by atoms with van der Waals surface area (Å²) in [7, 11) is 1.61. The Morgan fingerprint density at radius 1 is 1.35 bits per heavy atom. The first-order chi connectivity index (χ1) is 9.67. The minimum atomic E-state index is -0.274. The van der Waals surface area contributed by atoms with Crippen LogP contribution in [0.2, 0.25) is 0 Å². The molecule has 0 radical (unpaired) electrons. The lowest BCUT2D eigenvalue weighted by molar-refractivity contribution is 0.268. The predicted octanol–water partition coefficient (Wildman–Crippen LogP) is 4.83. The molecule has 0 saturated heterocycles. The van der Waals surface area contributed by atoms with Gasteiger partial charge in [0.15, 0.2) is 0 Å². The van der Waals surface area contributed by atoms with Gasteiger partial charge in [0.25, 0.3) is 0 Å². The van der Waals surface area contributed by atoms with Crippen molar-refractivity contribution in [3.63, 3.8) is 0 Å². The summed E-state index contributed by atoms with van der Waals surface area (Å²) in [5.41, 5.74) is 1.06. The van der Waals surface area contributed by atoms with Crippen LogP contribution < -0.4 is 10.1 Å². The Morgan fingerprint density at radius 3 is 2.65 bits per heavy atom. The zero-order valence-electron chi connectivity index (χ0n) is 12.2.